The molecule has 3 aromatic rings. The van der Waals surface area contributed by atoms with Gasteiger partial charge >= 0.3 is 6.18 Å². The number of hydrogen-bond donors (Lipinski definition) is 2. The van der Waals surface area contributed by atoms with Crippen LogP contribution in [0, 0.1) is 11.3 Å². The summed E-state index contributed by atoms with van der Waals surface area (Å²) in [6, 6.07) is 12.6. The van der Waals surface area contributed by atoms with Crippen LogP contribution in [-0.2, 0) is 11.6 Å². The number of alkyl halides is 3. The van der Waals surface area contributed by atoms with Gasteiger partial charge in [0.25, 0.3) is 0 Å². The third-order valence-electron chi connectivity index (χ3n) is 7.76. The number of pyridine rings is 2. The molecule has 2 aliphatic rings. The molecule has 1 fully saturated rings. The molecule has 0 radical (unpaired) electrons. The van der Waals surface area contributed by atoms with Crippen LogP contribution < -0.4 is 20.3 Å². The Morgan fingerprint density at radius 1 is 1.20 bits per heavy atom. The van der Waals surface area contributed by atoms with Crippen LogP contribution in [0.25, 0.3) is 11.3 Å². The summed E-state index contributed by atoms with van der Waals surface area (Å²) in [7, 11) is 0. The number of fused-ring (bicyclic) bond motifs is 2. The number of halogens is 3. The first-order valence-corrected chi connectivity index (χ1v) is 13.3. The van der Waals surface area contributed by atoms with E-state index < -0.39 is 17.8 Å². The topological polar surface area (TPSA) is 112 Å². The van der Waals surface area contributed by atoms with Gasteiger partial charge in [-0.3, -0.25) is 0 Å². The second-order valence-corrected chi connectivity index (χ2v) is 10.3. The third kappa shape index (κ3) is 5.17. The van der Waals surface area contributed by atoms with Gasteiger partial charge in [-0.25, -0.2) is 9.97 Å². The number of rotatable bonds is 7. The zero-order valence-corrected chi connectivity index (χ0v) is 22.2. The average molecular weight is 553 g/mol. The number of piperidine rings is 1. The normalized spacial score (nSPS) is 17.0. The van der Waals surface area contributed by atoms with Crippen molar-refractivity contribution in [1.82, 2.24) is 9.97 Å². The minimum Gasteiger partial charge on any atom is -0.477 e. The van der Waals surface area contributed by atoms with E-state index in [-0.39, 0.29) is 17.6 Å². The lowest BCUT2D eigenvalue weighted by atomic mass is 9.74. The van der Waals surface area contributed by atoms with Crippen molar-refractivity contribution in [3.05, 3.63) is 65.4 Å². The van der Waals surface area contributed by atoms with Crippen molar-refractivity contribution < 1.29 is 23.0 Å². The molecule has 4 heterocycles. The van der Waals surface area contributed by atoms with E-state index in [1.54, 1.807) is 6.20 Å². The fraction of sp³-hybridized carbons (Fsp3) is 0.414. The highest BCUT2D eigenvalue weighted by Crippen LogP contribution is 2.48. The number of hydrogen-bond acceptors (Lipinski definition) is 8. The van der Waals surface area contributed by atoms with E-state index in [4.69, 9.17) is 15.5 Å². The highest BCUT2D eigenvalue weighted by atomic mass is 19.4. The zero-order chi connectivity index (χ0) is 28.5. The summed E-state index contributed by atoms with van der Waals surface area (Å²) < 4.78 is 45.3. The predicted octanol–water partition coefficient (Wildman–Crippen LogP) is 4.11. The van der Waals surface area contributed by atoms with Crippen LogP contribution in [0.15, 0.2) is 48.7 Å². The molecule has 40 heavy (non-hydrogen) atoms. The lowest BCUT2D eigenvalue weighted by Gasteiger charge is -2.41. The van der Waals surface area contributed by atoms with Crippen LogP contribution in [0.2, 0.25) is 0 Å². The molecule has 0 aliphatic carbocycles. The minimum atomic E-state index is -4.51. The zero-order valence-electron chi connectivity index (χ0n) is 22.2. The maximum Gasteiger partial charge on any atom is 0.416 e. The highest BCUT2D eigenvalue weighted by Gasteiger charge is 2.46. The molecule has 8 nitrogen and oxygen atoms in total. The molecule has 0 saturated carbocycles. The predicted molar refractivity (Wildman–Crippen MR) is 145 cm³/mol. The lowest BCUT2D eigenvalue weighted by Crippen LogP contribution is -2.47. The Morgan fingerprint density at radius 2 is 1.98 bits per heavy atom. The number of nitriles is 1. The van der Waals surface area contributed by atoms with E-state index in [0.717, 1.165) is 47.6 Å². The van der Waals surface area contributed by atoms with E-state index in [0.29, 0.717) is 44.4 Å². The Labute approximate surface area is 230 Å². The molecule has 210 valence electrons. The summed E-state index contributed by atoms with van der Waals surface area (Å²) in [5, 5.41) is 19.2. The Kier molecular flexibility index (Phi) is 7.57. The Hall–Kier alpha value is -3.88. The van der Waals surface area contributed by atoms with Gasteiger partial charge in [0, 0.05) is 49.4 Å². The first-order valence-electron chi connectivity index (χ1n) is 13.3. The molecule has 0 amide bonds. The number of aliphatic hydroxyl groups is 1. The second kappa shape index (κ2) is 10.9. The van der Waals surface area contributed by atoms with Crippen molar-refractivity contribution >= 4 is 11.5 Å². The molecule has 1 saturated heterocycles. The van der Waals surface area contributed by atoms with E-state index in [9.17, 15) is 23.5 Å². The summed E-state index contributed by atoms with van der Waals surface area (Å²) in [5.41, 5.74) is 8.17. The van der Waals surface area contributed by atoms with Crippen LogP contribution in [0.5, 0.6) is 5.88 Å². The fourth-order valence-corrected chi connectivity index (χ4v) is 5.79. The van der Waals surface area contributed by atoms with E-state index in [1.807, 2.05) is 36.1 Å². The van der Waals surface area contributed by atoms with Crippen molar-refractivity contribution in [2.24, 2.45) is 5.73 Å². The second-order valence-electron chi connectivity index (χ2n) is 10.3. The number of aliphatic hydroxyl groups excluding tert-OH is 1. The molecule has 2 aromatic heterocycles. The number of benzene rings is 1. The van der Waals surface area contributed by atoms with Crippen LogP contribution in [0.3, 0.4) is 0 Å². The molecule has 0 unspecified atom stereocenters. The molecule has 11 heteroatoms. The van der Waals surface area contributed by atoms with Gasteiger partial charge in [-0.15, -0.1) is 0 Å². The number of nitrogens with zero attached hydrogens (tertiary/aromatic N) is 5. The van der Waals surface area contributed by atoms with Crippen molar-refractivity contribution in [2.75, 3.05) is 49.2 Å². The molecule has 0 bridgehead atoms. The van der Waals surface area contributed by atoms with Gasteiger partial charge in [-0.2, -0.15) is 18.4 Å². The van der Waals surface area contributed by atoms with Gasteiger partial charge in [-0.1, -0.05) is 6.07 Å². The Balaban J connectivity index is 1.45. The van der Waals surface area contributed by atoms with E-state index in [1.165, 1.54) is 6.07 Å². The van der Waals surface area contributed by atoms with Gasteiger partial charge in [0.05, 0.1) is 41.3 Å². The number of nitrogens with two attached hydrogens (primary N) is 1. The fourth-order valence-electron chi connectivity index (χ4n) is 5.79. The Morgan fingerprint density at radius 3 is 2.65 bits per heavy atom. The monoisotopic (exact) mass is 552 g/mol. The van der Waals surface area contributed by atoms with Gasteiger partial charge in [0.2, 0.25) is 5.88 Å². The molecule has 1 spiro atoms. The summed E-state index contributed by atoms with van der Waals surface area (Å²) in [4.78, 5) is 13.5. The maximum absolute atomic E-state index is 13.2. The third-order valence-corrected chi connectivity index (χ3v) is 7.76. The van der Waals surface area contributed by atoms with Gasteiger partial charge in [0.15, 0.2) is 0 Å². The summed E-state index contributed by atoms with van der Waals surface area (Å²) >= 11 is 0. The maximum atomic E-state index is 13.2. The largest absolute Gasteiger partial charge is 0.477 e. The van der Waals surface area contributed by atoms with E-state index in [2.05, 4.69) is 16.0 Å². The highest BCUT2D eigenvalue weighted by molar-refractivity contribution is 5.70. The minimum absolute atomic E-state index is 0.0148. The van der Waals surface area contributed by atoms with Crippen molar-refractivity contribution in [3.8, 4) is 23.2 Å². The number of anilines is 2. The first-order chi connectivity index (χ1) is 19.2. The number of ether oxygens (including phenoxy) is 1. The molecule has 1 atom stereocenters. The number of aromatic nitrogens is 2. The molecule has 2 aliphatic heterocycles. The van der Waals surface area contributed by atoms with E-state index >= 15 is 0 Å². The quantitative estimate of drug-likeness (QED) is 0.451. The van der Waals surface area contributed by atoms with Gasteiger partial charge < -0.3 is 25.4 Å². The van der Waals surface area contributed by atoms with Crippen LogP contribution in [0.4, 0.5) is 24.7 Å². The molecular formula is C29H31F3N6O2. The van der Waals surface area contributed by atoms with Crippen LogP contribution in [0.1, 0.15) is 36.5 Å². The Bertz CT molecular complexity index is 1420. The standard InChI is InChI=1S/C29H31F3N6O2/c1-2-40-27-22(4-3-11-35-27)24-7-6-23-26(36-24)38(16-21(34)17-39)18-28(23)9-12-37(13-10-28)25-8-5-20(29(30,31)32)14-19(25)15-33/h3-8,11,14,21,39H,2,9-10,12-13,16-18,34H2,1H3/t21-/m0/s1. The lowest BCUT2D eigenvalue weighted by molar-refractivity contribution is -0.137. The summed E-state index contributed by atoms with van der Waals surface area (Å²) in [5.74, 6) is 1.30. The van der Waals surface area contributed by atoms with Crippen molar-refractivity contribution in [2.45, 2.75) is 37.4 Å². The van der Waals surface area contributed by atoms with Crippen LogP contribution >= 0.6 is 0 Å². The molecule has 1 aromatic carbocycles. The summed E-state index contributed by atoms with van der Waals surface area (Å²) in [6.45, 7) is 4.42. The van der Waals surface area contributed by atoms with Crippen molar-refractivity contribution in [3.63, 3.8) is 0 Å². The van der Waals surface area contributed by atoms with Crippen molar-refractivity contribution in [1.29, 1.82) is 5.26 Å². The van der Waals surface area contributed by atoms with Gasteiger partial charge in [0.1, 0.15) is 11.9 Å². The molecule has 3 N–H and O–H groups in total. The SMILES string of the molecule is CCOc1ncccc1-c1ccc2c(n1)N(C[C@H](N)CO)CC21CCN(c2ccc(C(F)(F)F)cc2C#N)CC1. The van der Waals surface area contributed by atoms with Gasteiger partial charge in [-0.05, 0) is 56.2 Å². The van der Waals surface area contributed by atoms with Crippen LogP contribution in [-0.4, -0.2) is 60.5 Å². The summed E-state index contributed by atoms with van der Waals surface area (Å²) in [6.07, 6.45) is -1.40. The first kappa shape index (κ1) is 27.7. The average Bonchev–Trinajstić information content (AvgIpc) is 3.24. The molecular weight excluding hydrogens is 521 g/mol. The molecule has 5 rings (SSSR count). The smallest absolute Gasteiger partial charge is 0.416 e.